The number of aromatic amines is 1. The average Bonchev–Trinajstić information content (AvgIpc) is 3.55. The van der Waals surface area contributed by atoms with Gasteiger partial charge in [0.05, 0.1) is 5.69 Å². The number of nitrogens with one attached hydrogen (secondary N) is 1. The number of hydrogen-bond donors (Lipinski definition) is 1. The van der Waals surface area contributed by atoms with Crippen LogP contribution in [0.1, 0.15) is 60.6 Å². The van der Waals surface area contributed by atoms with E-state index in [1.54, 1.807) is 30.5 Å². The average molecular weight is 594 g/mol. The summed E-state index contributed by atoms with van der Waals surface area (Å²) >= 11 is 1.70. The number of halogens is 2. The number of alkyl halides is 2. The molecule has 42 heavy (non-hydrogen) atoms. The molecule has 8 nitrogen and oxygen atoms in total. The maximum absolute atomic E-state index is 13.4. The molecular formula is C31H33F2N5O3S. The molecule has 0 unspecified atom stereocenters. The topological polar surface area (TPSA) is 85.3 Å². The number of thiophene rings is 1. The van der Waals surface area contributed by atoms with Gasteiger partial charge in [0.15, 0.2) is 5.75 Å². The van der Waals surface area contributed by atoms with Gasteiger partial charge in [-0.3, -0.25) is 9.69 Å². The summed E-state index contributed by atoms with van der Waals surface area (Å²) in [6.45, 7) is 5.15. The Kier molecular flexibility index (Phi) is 7.71. The zero-order valence-corrected chi connectivity index (χ0v) is 24.8. The van der Waals surface area contributed by atoms with Crippen LogP contribution in [0.5, 0.6) is 11.5 Å². The second kappa shape index (κ2) is 11.4. The normalized spacial score (nSPS) is 16.5. The first-order valence-electron chi connectivity index (χ1n) is 14.1. The molecule has 5 aromatic rings. The number of ether oxygens (including phenoxy) is 2. The number of H-pyrrole nitrogens is 1. The van der Waals surface area contributed by atoms with E-state index in [9.17, 15) is 13.6 Å². The van der Waals surface area contributed by atoms with Gasteiger partial charge in [-0.25, -0.2) is 4.68 Å². The Balaban J connectivity index is 1.42. The standard InChI is InChI=1S/C31H33F2N5O3S/c1-5-21-15-38(16-24-25(40-21)7-8-27(39)34-24)14-20-12-19(11-18-9-10-42-30(18)20)22(6-2)23-13-26(41-31(32)33)29-28(17(23)3)35-36-37(29)4/h7-13,21-22,31H,5-6,14-16H2,1-4H3,(H,34,39)/t21-,22-/m1/s1. The third kappa shape index (κ3) is 5.27. The Morgan fingerprint density at radius 1 is 1.21 bits per heavy atom. The van der Waals surface area contributed by atoms with Gasteiger partial charge in [-0.15, -0.1) is 16.4 Å². The molecule has 6 rings (SSSR count). The third-order valence-corrected chi connectivity index (χ3v) is 9.14. The van der Waals surface area contributed by atoms with E-state index in [1.165, 1.54) is 21.0 Å². The van der Waals surface area contributed by atoms with E-state index in [0.29, 0.717) is 24.1 Å². The molecule has 1 N–H and O–H groups in total. The van der Waals surface area contributed by atoms with Crippen molar-refractivity contribution >= 4 is 32.5 Å². The summed E-state index contributed by atoms with van der Waals surface area (Å²) in [6.07, 6.45) is 1.59. The Morgan fingerprint density at radius 3 is 2.81 bits per heavy atom. The van der Waals surface area contributed by atoms with Crippen LogP contribution in [0.4, 0.5) is 8.78 Å². The predicted molar refractivity (Wildman–Crippen MR) is 160 cm³/mol. The minimum atomic E-state index is -2.96. The molecule has 11 heteroatoms. The molecule has 0 radical (unpaired) electrons. The number of aryl methyl sites for hydroxylation is 2. The Labute approximate surface area is 245 Å². The van der Waals surface area contributed by atoms with E-state index in [4.69, 9.17) is 9.47 Å². The molecule has 2 atom stereocenters. The van der Waals surface area contributed by atoms with Crippen LogP contribution in [0.25, 0.3) is 21.1 Å². The lowest BCUT2D eigenvalue weighted by molar-refractivity contribution is -0.0490. The van der Waals surface area contributed by atoms with E-state index in [1.807, 2.05) is 6.92 Å². The van der Waals surface area contributed by atoms with E-state index in [2.05, 4.69) is 57.6 Å². The molecule has 0 amide bonds. The molecule has 0 saturated carbocycles. The van der Waals surface area contributed by atoms with Crippen molar-refractivity contribution in [1.29, 1.82) is 0 Å². The number of hydrogen-bond acceptors (Lipinski definition) is 7. The summed E-state index contributed by atoms with van der Waals surface area (Å²) in [4.78, 5) is 17.4. The third-order valence-electron chi connectivity index (χ3n) is 8.13. The van der Waals surface area contributed by atoms with Gasteiger partial charge in [0, 0.05) is 43.4 Å². The minimum Gasteiger partial charge on any atom is -0.487 e. The number of nitrogens with zero attached hydrogens (tertiary/aromatic N) is 4. The summed E-state index contributed by atoms with van der Waals surface area (Å²) in [5.41, 5.74) is 5.71. The van der Waals surface area contributed by atoms with Crippen molar-refractivity contribution in [2.24, 2.45) is 7.05 Å². The van der Waals surface area contributed by atoms with Crippen molar-refractivity contribution in [2.45, 2.75) is 65.3 Å². The molecule has 220 valence electrons. The molecule has 0 bridgehead atoms. The first kappa shape index (κ1) is 28.3. The van der Waals surface area contributed by atoms with Gasteiger partial charge >= 0.3 is 6.61 Å². The van der Waals surface area contributed by atoms with Crippen molar-refractivity contribution in [3.63, 3.8) is 0 Å². The summed E-state index contributed by atoms with van der Waals surface area (Å²) < 4.78 is 40.7. The highest BCUT2D eigenvalue weighted by atomic mass is 32.1. The second-order valence-corrected chi connectivity index (χ2v) is 11.8. The summed E-state index contributed by atoms with van der Waals surface area (Å²) in [6, 6.07) is 11.5. The zero-order valence-electron chi connectivity index (χ0n) is 24.0. The Hall–Kier alpha value is -3.83. The number of aromatic nitrogens is 4. The van der Waals surface area contributed by atoms with E-state index in [-0.39, 0.29) is 23.3 Å². The highest BCUT2D eigenvalue weighted by molar-refractivity contribution is 7.17. The highest BCUT2D eigenvalue weighted by Crippen LogP contribution is 2.40. The number of benzene rings is 2. The van der Waals surface area contributed by atoms with Gasteiger partial charge in [-0.1, -0.05) is 25.1 Å². The summed E-state index contributed by atoms with van der Waals surface area (Å²) in [5.74, 6) is 0.723. The molecule has 3 aromatic heterocycles. The van der Waals surface area contributed by atoms with Crippen LogP contribution in [-0.4, -0.2) is 44.1 Å². The Bertz CT molecular complexity index is 1810. The van der Waals surface area contributed by atoms with E-state index in [0.717, 1.165) is 52.9 Å². The van der Waals surface area contributed by atoms with Crippen molar-refractivity contribution in [3.05, 3.63) is 80.1 Å². The van der Waals surface area contributed by atoms with Crippen molar-refractivity contribution in [1.82, 2.24) is 24.9 Å². The molecule has 4 heterocycles. The van der Waals surface area contributed by atoms with Crippen LogP contribution in [0.15, 0.2) is 46.6 Å². The lowest BCUT2D eigenvalue weighted by atomic mass is 9.84. The van der Waals surface area contributed by atoms with Crippen LogP contribution in [-0.2, 0) is 20.1 Å². The fraction of sp³-hybridized carbons (Fsp3) is 0.387. The zero-order chi connectivity index (χ0) is 29.5. The van der Waals surface area contributed by atoms with Crippen LogP contribution in [0, 0.1) is 6.92 Å². The molecule has 0 spiro atoms. The lowest BCUT2D eigenvalue weighted by Gasteiger charge is -2.25. The van der Waals surface area contributed by atoms with Gasteiger partial charge in [0.2, 0.25) is 5.56 Å². The van der Waals surface area contributed by atoms with E-state index >= 15 is 0 Å². The molecule has 1 aliphatic rings. The number of rotatable bonds is 8. The first-order chi connectivity index (χ1) is 20.2. The smallest absolute Gasteiger partial charge is 0.387 e. The number of fused-ring (bicyclic) bond motifs is 3. The van der Waals surface area contributed by atoms with Crippen LogP contribution >= 0.6 is 11.3 Å². The summed E-state index contributed by atoms with van der Waals surface area (Å²) in [7, 11) is 1.67. The molecule has 0 saturated heterocycles. The fourth-order valence-electron chi connectivity index (χ4n) is 6.12. The molecule has 0 aliphatic carbocycles. The largest absolute Gasteiger partial charge is 0.487 e. The van der Waals surface area contributed by atoms with Crippen LogP contribution in [0.2, 0.25) is 0 Å². The second-order valence-electron chi connectivity index (χ2n) is 10.8. The maximum atomic E-state index is 13.4. The predicted octanol–water partition coefficient (Wildman–Crippen LogP) is 6.50. The molecule has 2 aromatic carbocycles. The fourth-order valence-corrected chi connectivity index (χ4v) is 7.01. The monoisotopic (exact) mass is 593 g/mol. The molecule has 0 fully saturated rings. The van der Waals surface area contributed by atoms with Gasteiger partial charge < -0.3 is 14.5 Å². The molecule has 1 aliphatic heterocycles. The van der Waals surface area contributed by atoms with Gasteiger partial charge in [-0.05, 0) is 77.1 Å². The summed E-state index contributed by atoms with van der Waals surface area (Å²) in [5, 5.41) is 11.6. The Morgan fingerprint density at radius 2 is 2.05 bits per heavy atom. The quantitative estimate of drug-likeness (QED) is 0.221. The highest BCUT2D eigenvalue weighted by Gasteiger charge is 2.26. The van der Waals surface area contributed by atoms with Crippen molar-refractivity contribution in [3.8, 4) is 11.5 Å². The first-order valence-corrected chi connectivity index (χ1v) is 15.0. The lowest BCUT2D eigenvalue weighted by Crippen LogP contribution is -2.32. The van der Waals surface area contributed by atoms with Gasteiger partial charge in [-0.2, -0.15) is 8.78 Å². The molecular weight excluding hydrogens is 560 g/mol. The van der Waals surface area contributed by atoms with Crippen LogP contribution < -0.4 is 15.0 Å². The van der Waals surface area contributed by atoms with Crippen LogP contribution in [0.3, 0.4) is 0 Å². The van der Waals surface area contributed by atoms with Crippen molar-refractivity contribution < 1.29 is 18.3 Å². The number of pyridine rings is 1. The minimum absolute atomic E-state index is 0.00262. The van der Waals surface area contributed by atoms with Gasteiger partial charge in [0.1, 0.15) is 22.9 Å². The van der Waals surface area contributed by atoms with Crippen molar-refractivity contribution in [2.75, 3.05) is 6.54 Å². The SMILES string of the molecule is CC[C@@H]1CN(Cc2cc([C@@H](CC)c3cc(OC(F)F)c4c(nnn4C)c3C)cc3ccsc23)Cc2[nH]c(=O)ccc2O1. The van der Waals surface area contributed by atoms with Gasteiger partial charge in [0.25, 0.3) is 0 Å². The van der Waals surface area contributed by atoms with E-state index < -0.39 is 6.61 Å². The maximum Gasteiger partial charge on any atom is 0.387 e.